The molecule has 124 valence electrons. The summed E-state index contributed by atoms with van der Waals surface area (Å²) in [5.74, 6) is 0.0178. The number of hydrogen-bond acceptors (Lipinski definition) is 3. The van der Waals surface area contributed by atoms with Crippen molar-refractivity contribution in [3.05, 3.63) is 52.6 Å². The van der Waals surface area contributed by atoms with Crippen LogP contribution in [0.25, 0.3) is 0 Å². The number of nitrogens with one attached hydrogen (secondary N) is 1. The van der Waals surface area contributed by atoms with Crippen LogP contribution in [0, 0.1) is 11.7 Å². The average molecular weight is 338 g/mol. The van der Waals surface area contributed by atoms with Crippen LogP contribution in [0.15, 0.2) is 30.5 Å². The SMILES string of the molecule is CCn1nccc1[C@@H]1OCC[C@H]1CNCc1cccc(Cl)c1F. The fourth-order valence-corrected chi connectivity index (χ4v) is 3.29. The number of halogens is 2. The molecular formula is C17H21ClFN3O. The van der Waals surface area contributed by atoms with Gasteiger partial charge in [0, 0.05) is 43.9 Å². The average Bonchev–Trinajstić information content (AvgIpc) is 3.19. The predicted octanol–water partition coefficient (Wildman–Crippen LogP) is 3.56. The number of ether oxygens (including phenoxy) is 1. The Morgan fingerprint density at radius 2 is 2.30 bits per heavy atom. The number of rotatable bonds is 6. The highest BCUT2D eigenvalue weighted by Gasteiger charge is 2.31. The van der Waals surface area contributed by atoms with Gasteiger partial charge in [-0.2, -0.15) is 5.10 Å². The smallest absolute Gasteiger partial charge is 0.146 e. The van der Waals surface area contributed by atoms with Gasteiger partial charge in [-0.05, 0) is 25.5 Å². The molecule has 1 aliphatic heterocycles. The molecule has 1 aliphatic rings. The molecular weight excluding hydrogens is 317 g/mol. The van der Waals surface area contributed by atoms with Crippen LogP contribution in [0.1, 0.15) is 30.7 Å². The predicted molar refractivity (Wildman–Crippen MR) is 87.8 cm³/mol. The van der Waals surface area contributed by atoms with Gasteiger partial charge in [-0.15, -0.1) is 0 Å². The van der Waals surface area contributed by atoms with E-state index < -0.39 is 0 Å². The Morgan fingerprint density at radius 1 is 1.43 bits per heavy atom. The van der Waals surface area contributed by atoms with Gasteiger partial charge < -0.3 is 10.1 Å². The number of hydrogen-bond donors (Lipinski definition) is 1. The number of benzene rings is 1. The quantitative estimate of drug-likeness (QED) is 0.876. The molecule has 3 rings (SSSR count). The third kappa shape index (κ3) is 3.57. The molecule has 0 amide bonds. The molecule has 2 atom stereocenters. The fraction of sp³-hybridized carbons (Fsp3) is 0.471. The number of nitrogens with zero attached hydrogens (tertiary/aromatic N) is 2. The van der Waals surface area contributed by atoms with Gasteiger partial charge in [0.05, 0.1) is 10.7 Å². The van der Waals surface area contributed by atoms with Gasteiger partial charge in [0.2, 0.25) is 0 Å². The van der Waals surface area contributed by atoms with E-state index in [9.17, 15) is 4.39 Å². The summed E-state index contributed by atoms with van der Waals surface area (Å²) in [5.41, 5.74) is 1.71. The Morgan fingerprint density at radius 3 is 3.13 bits per heavy atom. The first-order valence-electron chi connectivity index (χ1n) is 7.97. The lowest BCUT2D eigenvalue weighted by Gasteiger charge is -2.20. The van der Waals surface area contributed by atoms with Gasteiger partial charge in [0.25, 0.3) is 0 Å². The molecule has 0 bridgehead atoms. The van der Waals surface area contributed by atoms with E-state index in [4.69, 9.17) is 16.3 Å². The zero-order chi connectivity index (χ0) is 16.2. The van der Waals surface area contributed by atoms with Crippen LogP contribution in [0.2, 0.25) is 5.02 Å². The van der Waals surface area contributed by atoms with Crippen LogP contribution in [-0.2, 0) is 17.8 Å². The lowest BCUT2D eigenvalue weighted by Crippen LogP contribution is -2.26. The molecule has 1 fully saturated rings. The fourth-order valence-electron chi connectivity index (χ4n) is 3.10. The zero-order valence-corrected chi connectivity index (χ0v) is 13.9. The second-order valence-electron chi connectivity index (χ2n) is 5.76. The molecule has 1 N–H and O–H groups in total. The van der Waals surface area contributed by atoms with E-state index in [1.165, 1.54) is 0 Å². The topological polar surface area (TPSA) is 39.1 Å². The molecule has 1 saturated heterocycles. The summed E-state index contributed by atoms with van der Waals surface area (Å²) in [5, 5.41) is 7.81. The van der Waals surface area contributed by atoms with E-state index in [-0.39, 0.29) is 16.9 Å². The van der Waals surface area contributed by atoms with Crippen LogP contribution < -0.4 is 5.32 Å². The van der Waals surface area contributed by atoms with Crippen LogP contribution in [0.5, 0.6) is 0 Å². The summed E-state index contributed by atoms with van der Waals surface area (Å²) < 4.78 is 21.8. The van der Waals surface area contributed by atoms with Gasteiger partial charge in [-0.25, -0.2) is 4.39 Å². The van der Waals surface area contributed by atoms with Gasteiger partial charge in [0.1, 0.15) is 11.9 Å². The van der Waals surface area contributed by atoms with E-state index in [1.54, 1.807) is 18.2 Å². The largest absolute Gasteiger partial charge is 0.372 e. The molecule has 23 heavy (non-hydrogen) atoms. The molecule has 2 aromatic rings. The first-order valence-corrected chi connectivity index (χ1v) is 8.35. The Kier molecular flexibility index (Phi) is 5.30. The maximum absolute atomic E-state index is 13.9. The highest BCUT2D eigenvalue weighted by atomic mass is 35.5. The summed E-state index contributed by atoms with van der Waals surface area (Å²) >= 11 is 5.81. The van der Waals surface area contributed by atoms with Crippen molar-refractivity contribution >= 4 is 11.6 Å². The van der Waals surface area contributed by atoms with E-state index in [0.29, 0.717) is 18.0 Å². The molecule has 0 radical (unpaired) electrons. The van der Waals surface area contributed by atoms with Gasteiger partial charge >= 0.3 is 0 Å². The van der Waals surface area contributed by atoms with E-state index in [2.05, 4.69) is 17.3 Å². The van der Waals surface area contributed by atoms with Crippen molar-refractivity contribution in [3.63, 3.8) is 0 Å². The van der Waals surface area contributed by atoms with Gasteiger partial charge in [-0.3, -0.25) is 4.68 Å². The van der Waals surface area contributed by atoms with Crippen molar-refractivity contribution in [2.24, 2.45) is 5.92 Å². The molecule has 0 saturated carbocycles. The molecule has 0 aliphatic carbocycles. The van der Waals surface area contributed by atoms with Crippen molar-refractivity contribution in [1.82, 2.24) is 15.1 Å². The Hall–Kier alpha value is -1.43. The van der Waals surface area contributed by atoms with Crippen molar-refractivity contribution in [2.75, 3.05) is 13.2 Å². The second-order valence-corrected chi connectivity index (χ2v) is 6.16. The van der Waals surface area contributed by atoms with Crippen molar-refractivity contribution in [3.8, 4) is 0 Å². The molecule has 6 heteroatoms. The summed E-state index contributed by atoms with van der Waals surface area (Å²) in [6.45, 7) is 4.88. The Balaban J connectivity index is 1.60. The van der Waals surface area contributed by atoms with Crippen molar-refractivity contribution in [1.29, 1.82) is 0 Å². The van der Waals surface area contributed by atoms with Gasteiger partial charge in [0.15, 0.2) is 0 Å². The standard InChI is InChI=1S/C17H21ClFN3O/c1-2-22-15(6-8-21-22)17-13(7-9-23-17)11-20-10-12-4-3-5-14(18)16(12)19/h3-6,8,13,17,20H,2,7,9-11H2,1H3/t13-,17+/m0/s1. The number of aromatic nitrogens is 2. The maximum Gasteiger partial charge on any atom is 0.146 e. The normalized spacial score (nSPS) is 21.0. The minimum absolute atomic E-state index is 0.0501. The Labute approximate surface area is 140 Å². The highest BCUT2D eigenvalue weighted by Crippen LogP contribution is 2.34. The lowest BCUT2D eigenvalue weighted by atomic mass is 9.98. The van der Waals surface area contributed by atoms with E-state index >= 15 is 0 Å². The third-order valence-corrected chi connectivity index (χ3v) is 4.60. The minimum atomic E-state index is -0.343. The molecule has 2 heterocycles. The summed E-state index contributed by atoms with van der Waals surface area (Å²) in [7, 11) is 0. The molecule has 0 unspecified atom stereocenters. The third-order valence-electron chi connectivity index (χ3n) is 4.31. The van der Waals surface area contributed by atoms with Crippen LogP contribution in [-0.4, -0.2) is 22.9 Å². The maximum atomic E-state index is 13.9. The lowest BCUT2D eigenvalue weighted by molar-refractivity contribution is 0.0830. The van der Waals surface area contributed by atoms with Crippen LogP contribution in [0.3, 0.4) is 0 Å². The zero-order valence-electron chi connectivity index (χ0n) is 13.1. The van der Waals surface area contributed by atoms with Crippen LogP contribution in [0.4, 0.5) is 4.39 Å². The monoisotopic (exact) mass is 337 g/mol. The van der Waals surface area contributed by atoms with E-state index in [1.807, 2.05) is 16.9 Å². The van der Waals surface area contributed by atoms with Crippen molar-refractivity contribution in [2.45, 2.75) is 32.5 Å². The van der Waals surface area contributed by atoms with Crippen molar-refractivity contribution < 1.29 is 9.13 Å². The summed E-state index contributed by atoms with van der Waals surface area (Å²) in [6.07, 6.45) is 2.85. The molecule has 1 aromatic carbocycles. The first kappa shape index (κ1) is 16.4. The molecule has 4 nitrogen and oxygen atoms in total. The number of aryl methyl sites for hydroxylation is 1. The van der Waals surface area contributed by atoms with E-state index in [0.717, 1.165) is 31.8 Å². The van der Waals surface area contributed by atoms with Crippen LogP contribution >= 0.6 is 11.6 Å². The minimum Gasteiger partial charge on any atom is -0.372 e. The second kappa shape index (κ2) is 7.43. The summed E-state index contributed by atoms with van der Waals surface area (Å²) in [6, 6.07) is 7.10. The molecule has 1 aromatic heterocycles. The highest BCUT2D eigenvalue weighted by molar-refractivity contribution is 6.30. The first-order chi connectivity index (χ1) is 11.2. The summed E-state index contributed by atoms with van der Waals surface area (Å²) in [4.78, 5) is 0. The Bertz CT molecular complexity index is 661. The molecule has 0 spiro atoms. The van der Waals surface area contributed by atoms with Gasteiger partial charge in [-0.1, -0.05) is 23.7 Å².